The Morgan fingerprint density at radius 3 is 2.26 bits per heavy atom. The van der Waals surface area contributed by atoms with Crippen LogP contribution in [-0.2, 0) is 47.7 Å². The van der Waals surface area contributed by atoms with Crippen molar-refractivity contribution >= 4 is 91.9 Å². The van der Waals surface area contributed by atoms with Crippen LogP contribution in [0.5, 0.6) is 5.88 Å². The standard InChI is InChI=1S/C34H44BrN9O9S.C4H4O4/c1-20(31(47)44(33-38-12-13-39-33)24-7-6-23-28(27(24)35)37-11-10-36-23)52-32(48)21(2)51-25(45)8-9-26(46)53-22(18-40-34(3,4)5)19-50-30-29(41-54-42-30)43-14-16-49-17-15-43;5-3(6)1-2-4(7)8/h6-7,10-11,20-22,40H,8-9,12-19H2,1-5H3,(H,38,39);1-2H,(H,5,6)(H,7,8)/b;2-1-/t20?,21?,22-;/m0./s1. The van der Waals surface area contributed by atoms with Crippen molar-refractivity contribution in [2.75, 3.05) is 62.3 Å². The molecule has 336 valence electrons. The quantitative estimate of drug-likeness (QED) is 0.0856. The average molecular weight is 951 g/mol. The molecule has 4 heterocycles. The number of fused-ring (bicyclic) bond motifs is 1. The molecule has 0 radical (unpaired) electrons. The van der Waals surface area contributed by atoms with E-state index in [1.165, 1.54) is 24.9 Å². The topological polar surface area (TPSA) is 283 Å². The van der Waals surface area contributed by atoms with E-state index in [2.05, 4.69) is 50.3 Å². The number of esters is 3. The Kier molecular flexibility index (Phi) is 18.4. The Labute approximate surface area is 368 Å². The lowest BCUT2D eigenvalue weighted by atomic mass is 10.1. The molecule has 4 N–H and O–H groups in total. The molecule has 0 saturated carbocycles. The van der Waals surface area contributed by atoms with E-state index in [4.69, 9.17) is 33.9 Å². The molecule has 1 saturated heterocycles. The summed E-state index contributed by atoms with van der Waals surface area (Å²) in [4.78, 5) is 87.8. The van der Waals surface area contributed by atoms with Gasteiger partial charge in [-0.1, -0.05) is 0 Å². The van der Waals surface area contributed by atoms with Crippen LogP contribution in [0, 0.1) is 0 Å². The van der Waals surface area contributed by atoms with Gasteiger partial charge < -0.3 is 49.4 Å². The first kappa shape index (κ1) is 48.8. The van der Waals surface area contributed by atoms with Gasteiger partial charge in [0.05, 0.1) is 60.0 Å². The fourth-order valence-electron chi connectivity index (χ4n) is 5.40. The fourth-order valence-corrected chi connectivity index (χ4v) is 6.53. The molecular weight excluding hydrogens is 902 g/mol. The van der Waals surface area contributed by atoms with Crippen molar-refractivity contribution in [3.05, 3.63) is 41.2 Å². The van der Waals surface area contributed by atoms with Crippen LogP contribution in [0.2, 0.25) is 0 Å². The van der Waals surface area contributed by atoms with Gasteiger partial charge in [-0.15, -0.1) is 4.37 Å². The first-order valence-corrected chi connectivity index (χ1v) is 20.7. The maximum Gasteiger partial charge on any atom is 0.347 e. The van der Waals surface area contributed by atoms with Gasteiger partial charge in [-0.25, -0.2) is 19.3 Å². The van der Waals surface area contributed by atoms with Crippen LogP contribution in [0.3, 0.4) is 0 Å². The van der Waals surface area contributed by atoms with Crippen LogP contribution < -0.4 is 25.2 Å². The molecule has 22 nitrogen and oxygen atoms in total. The van der Waals surface area contributed by atoms with E-state index in [0.29, 0.717) is 84.4 Å². The number of halogens is 1. The summed E-state index contributed by atoms with van der Waals surface area (Å²) in [5.41, 5.74) is 1.28. The van der Waals surface area contributed by atoms with Gasteiger partial charge in [0.15, 0.2) is 12.2 Å². The zero-order chi connectivity index (χ0) is 45.4. The highest BCUT2D eigenvalue weighted by Crippen LogP contribution is 2.33. The largest absolute Gasteiger partial charge is 0.478 e. The van der Waals surface area contributed by atoms with Crippen molar-refractivity contribution in [1.29, 1.82) is 0 Å². The smallest absolute Gasteiger partial charge is 0.347 e. The number of nitrogens with zero attached hydrogens (tertiary/aromatic N) is 7. The van der Waals surface area contributed by atoms with Gasteiger partial charge in [0.25, 0.3) is 11.8 Å². The molecule has 3 aromatic rings. The van der Waals surface area contributed by atoms with Gasteiger partial charge in [0, 0.05) is 56.3 Å². The van der Waals surface area contributed by atoms with Crippen LogP contribution in [0.15, 0.2) is 46.1 Å². The van der Waals surface area contributed by atoms with Gasteiger partial charge in [-0.05, 0) is 62.7 Å². The number of carbonyl (C=O) groups is 6. The summed E-state index contributed by atoms with van der Waals surface area (Å²) in [7, 11) is 0. The highest BCUT2D eigenvalue weighted by molar-refractivity contribution is 9.10. The number of carbonyl (C=O) groups excluding carboxylic acids is 4. The number of aliphatic carboxylic acids is 2. The van der Waals surface area contributed by atoms with Crippen molar-refractivity contribution in [3.8, 4) is 5.88 Å². The SMILES string of the molecule is CC(OC(=O)CCC(=O)O[C@@H](CNC(C)(C)C)COc1nsnc1N1CCOCC1)C(=O)OC(C)C(=O)N(C1=NCCN1)c1ccc2nccnc2c1Br.O=C(O)/C=C\C(=O)O. The number of morpholine rings is 1. The second kappa shape index (κ2) is 23.4. The van der Waals surface area contributed by atoms with E-state index < -0.39 is 54.1 Å². The first-order chi connectivity index (χ1) is 29.4. The maximum atomic E-state index is 13.8. The molecule has 5 rings (SSSR count). The first-order valence-electron chi connectivity index (χ1n) is 19.2. The Hall–Kier alpha value is -5.85. The molecule has 2 aliphatic rings. The third kappa shape index (κ3) is 15.3. The summed E-state index contributed by atoms with van der Waals surface area (Å²) in [6, 6.07) is 3.40. The summed E-state index contributed by atoms with van der Waals surface area (Å²) in [5.74, 6) is -4.33. The number of rotatable bonds is 17. The van der Waals surface area contributed by atoms with E-state index in [1.807, 2.05) is 25.7 Å². The number of carboxylic acid groups (broad SMARTS) is 2. The molecule has 0 spiro atoms. The van der Waals surface area contributed by atoms with Gasteiger partial charge in [0.2, 0.25) is 11.8 Å². The molecule has 2 unspecified atom stereocenters. The minimum atomic E-state index is -1.37. The summed E-state index contributed by atoms with van der Waals surface area (Å²) in [6.45, 7) is 12.3. The van der Waals surface area contributed by atoms with Crippen LogP contribution in [0.25, 0.3) is 11.0 Å². The Morgan fingerprint density at radius 2 is 1.63 bits per heavy atom. The lowest BCUT2D eigenvalue weighted by molar-refractivity contribution is -0.171. The molecule has 62 heavy (non-hydrogen) atoms. The number of guanidine groups is 1. The molecule has 1 aromatic carbocycles. The van der Waals surface area contributed by atoms with Crippen molar-refractivity contribution in [1.82, 2.24) is 29.3 Å². The van der Waals surface area contributed by atoms with Crippen molar-refractivity contribution in [2.45, 2.75) is 71.3 Å². The van der Waals surface area contributed by atoms with Gasteiger partial charge in [-0.3, -0.25) is 29.3 Å². The van der Waals surface area contributed by atoms with Crippen LogP contribution in [0.4, 0.5) is 11.5 Å². The lowest BCUT2D eigenvalue weighted by Crippen LogP contribution is -2.48. The monoisotopic (exact) mass is 949 g/mol. The third-order valence-electron chi connectivity index (χ3n) is 8.39. The number of hydrogen-bond donors (Lipinski definition) is 4. The third-order valence-corrected chi connectivity index (χ3v) is 9.67. The molecule has 1 fully saturated rings. The maximum absolute atomic E-state index is 13.8. The zero-order valence-electron chi connectivity index (χ0n) is 34.6. The number of benzene rings is 1. The highest BCUT2D eigenvalue weighted by Gasteiger charge is 2.34. The molecule has 1 amide bonds. The Balaban J connectivity index is 0.000000959. The number of aliphatic imine (C=N–C) groups is 1. The number of anilines is 2. The average Bonchev–Trinajstić information content (AvgIpc) is 3.95. The van der Waals surface area contributed by atoms with Gasteiger partial charge in [-0.2, -0.15) is 4.37 Å². The molecule has 0 aliphatic carbocycles. The van der Waals surface area contributed by atoms with E-state index in [1.54, 1.807) is 18.3 Å². The Morgan fingerprint density at radius 1 is 0.968 bits per heavy atom. The molecule has 24 heteroatoms. The Bertz CT molecular complexity index is 2110. The molecular formula is C38H48BrN9O13S. The fraction of sp³-hybridized carbons (Fsp3) is 0.500. The molecule has 2 aromatic heterocycles. The molecule has 3 atom stereocenters. The van der Waals surface area contributed by atoms with E-state index in [-0.39, 0.29) is 37.5 Å². The van der Waals surface area contributed by atoms with E-state index in [9.17, 15) is 28.8 Å². The number of hydrogen-bond acceptors (Lipinski definition) is 20. The minimum absolute atomic E-state index is 0.00541. The van der Waals surface area contributed by atoms with E-state index in [0.717, 1.165) is 11.7 Å². The predicted octanol–water partition coefficient (Wildman–Crippen LogP) is 2.11. The number of ether oxygens (including phenoxy) is 5. The van der Waals surface area contributed by atoms with Crippen LogP contribution in [-0.4, -0.2) is 147 Å². The summed E-state index contributed by atoms with van der Waals surface area (Å²) in [5, 5.41) is 22.0. The van der Waals surface area contributed by atoms with Crippen LogP contribution in [0.1, 0.15) is 47.5 Å². The zero-order valence-corrected chi connectivity index (χ0v) is 37.0. The van der Waals surface area contributed by atoms with E-state index >= 15 is 0 Å². The predicted molar refractivity (Wildman–Crippen MR) is 226 cm³/mol. The summed E-state index contributed by atoms with van der Waals surface area (Å²) < 4.78 is 36.8. The number of nitrogens with one attached hydrogen (secondary N) is 2. The van der Waals surface area contributed by atoms with Gasteiger partial charge in [0.1, 0.15) is 18.2 Å². The highest BCUT2D eigenvalue weighted by atomic mass is 79.9. The normalized spacial score (nSPS) is 15.3. The molecule has 0 bridgehead atoms. The number of aromatic nitrogens is 4. The number of amides is 1. The van der Waals surface area contributed by atoms with Gasteiger partial charge >= 0.3 is 29.8 Å². The summed E-state index contributed by atoms with van der Waals surface area (Å²) in [6.07, 6.45) is 0.158. The summed E-state index contributed by atoms with van der Waals surface area (Å²) >= 11 is 4.56. The number of carboxylic acids is 2. The van der Waals surface area contributed by atoms with Crippen LogP contribution >= 0.6 is 27.7 Å². The van der Waals surface area contributed by atoms with Crippen molar-refractivity contribution in [3.63, 3.8) is 0 Å². The second-order valence-electron chi connectivity index (χ2n) is 14.4. The molecule has 2 aliphatic heterocycles. The second-order valence-corrected chi connectivity index (χ2v) is 15.7. The minimum Gasteiger partial charge on any atom is -0.478 e. The van der Waals surface area contributed by atoms with Crippen molar-refractivity contribution in [2.24, 2.45) is 4.99 Å². The van der Waals surface area contributed by atoms with Crippen molar-refractivity contribution < 1.29 is 62.7 Å². The lowest BCUT2D eigenvalue weighted by Gasteiger charge is -2.27.